The van der Waals surface area contributed by atoms with E-state index >= 15 is 0 Å². The van der Waals surface area contributed by atoms with Crippen molar-refractivity contribution >= 4 is 5.71 Å². The summed E-state index contributed by atoms with van der Waals surface area (Å²) >= 11 is 0. The van der Waals surface area contributed by atoms with Crippen LogP contribution in [0.4, 0.5) is 8.78 Å². The summed E-state index contributed by atoms with van der Waals surface area (Å²) in [5, 5.41) is 6.61. The Morgan fingerprint density at radius 1 is 1.15 bits per heavy atom. The summed E-state index contributed by atoms with van der Waals surface area (Å²) in [6, 6.07) is 6.55. The average Bonchev–Trinajstić information content (AvgIpc) is 2.41. The van der Waals surface area contributed by atoms with E-state index in [-0.39, 0.29) is 5.75 Å². The van der Waals surface area contributed by atoms with E-state index in [0.717, 1.165) is 37.5 Å². The van der Waals surface area contributed by atoms with Gasteiger partial charge in [0.05, 0.1) is 5.71 Å². The van der Waals surface area contributed by atoms with Crippen LogP contribution in [0.5, 0.6) is 5.75 Å². The van der Waals surface area contributed by atoms with Crippen molar-refractivity contribution in [1.29, 1.82) is 0 Å². The first kappa shape index (κ1) is 14.7. The van der Waals surface area contributed by atoms with Crippen LogP contribution in [0.2, 0.25) is 0 Å². The van der Waals surface area contributed by atoms with Crippen molar-refractivity contribution in [1.82, 2.24) is 9.91 Å². The second-order valence-electron chi connectivity index (χ2n) is 4.85. The molecule has 0 aliphatic carbocycles. The van der Waals surface area contributed by atoms with Gasteiger partial charge < -0.3 is 9.64 Å². The first-order chi connectivity index (χ1) is 9.54. The van der Waals surface area contributed by atoms with E-state index in [1.807, 2.05) is 11.9 Å². The Hall–Kier alpha value is -1.69. The van der Waals surface area contributed by atoms with Gasteiger partial charge in [0.25, 0.3) is 0 Å². The lowest BCUT2D eigenvalue weighted by atomic mass is 10.1. The zero-order valence-electron chi connectivity index (χ0n) is 11.7. The molecule has 1 aromatic carbocycles. The van der Waals surface area contributed by atoms with Crippen LogP contribution in [0.25, 0.3) is 0 Å². The van der Waals surface area contributed by atoms with E-state index in [1.165, 1.54) is 12.1 Å². The Balaban J connectivity index is 1.99. The summed E-state index contributed by atoms with van der Waals surface area (Å²) in [5.74, 6) is 0.163. The molecular formula is C14H19F2N3O. The number of piperazine rings is 1. The van der Waals surface area contributed by atoms with Crippen LogP contribution in [0, 0.1) is 0 Å². The number of halogens is 2. The second kappa shape index (κ2) is 6.65. The summed E-state index contributed by atoms with van der Waals surface area (Å²) < 4.78 is 28.4. The second-order valence-corrected chi connectivity index (χ2v) is 4.85. The molecule has 1 saturated heterocycles. The highest BCUT2D eigenvalue weighted by Crippen LogP contribution is 2.15. The van der Waals surface area contributed by atoms with Crippen LogP contribution in [-0.2, 0) is 0 Å². The highest BCUT2D eigenvalue weighted by Gasteiger charge is 2.12. The molecule has 4 nitrogen and oxygen atoms in total. The van der Waals surface area contributed by atoms with Gasteiger partial charge in [-0.3, -0.25) is 5.01 Å². The van der Waals surface area contributed by atoms with E-state index in [2.05, 4.69) is 21.8 Å². The predicted molar refractivity (Wildman–Crippen MR) is 74.4 cm³/mol. The number of alkyl halides is 2. The molecule has 0 unspecified atom stereocenters. The number of rotatable bonds is 4. The molecule has 0 radical (unpaired) electrons. The average molecular weight is 283 g/mol. The number of likely N-dealkylation sites (N-methyl/N-ethyl adjacent to an activating group) is 1. The van der Waals surface area contributed by atoms with Crippen molar-refractivity contribution in [2.24, 2.45) is 5.10 Å². The van der Waals surface area contributed by atoms with Gasteiger partial charge in [-0.25, -0.2) is 0 Å². The van der Waals surface area contributed by atoms with E-state index < -0.39 is 6.61 Å². The molecule has 6 heteroatoms. The molecule has 0 amide bonds. The first-order valence-corrected chi connectivity index (χ1v) is 6.58. The minimum absolute atomic E-state index is 0.163. The topological polar surface area (TPSA) is 28.1 Å². The molecule has 0 N–H and O–H groups in total. The fraction of sp³-hybridized carbons (Fsp3) is 0.500. The van der Waals surface area contributed by atoms with Crippen LogP contribution < -0.4 is 4.74 Å². The van der Waals surface area contributed by atoms with Crippen LogP contribution in [0.15, 0.2) is 29.4 Å². The standard InChI is InChI=1S/C14H19F2N3O/c1-11(17-19-9-7-18(2)8-10-19)12-3-5-13(6-4-12)20-14(15)16/h3-6,14H,7-10H2,1-2H3/b17-11+. The lowest BCUT2D eigenvalue weighted by Gasteiger charge is -2.30. The molecule has 0 bridgehead atoms. The van der Waals surface area contributed by atoms with Crippen molar-refractivity contribution < 1.29 is 13.5 Å². The number of nitrogens with zero attached hydrogens (tertiary/aromatic N) is 3. The fourth-order valence-corrected chi connectivity index (χ4v) is 2.04. The predicted octanol–water partition coefficient (Wildman–Crippen LogP) is 2.26. The van der Waals surface area contributed by atoms with Crippen molar-refractivity contribution in [3.05, 3.63) is 29.8 Å². The maximum atomic E-state index is 12.1. The molecule has 0 spiro atoms. The van der Waals surface area contributed by atoms with E-state index in [1.54, 1.807) is 12.1 Å². The van der Waals surface area contributed by atoms with Crippen molar-refractivity contribution in [3.8, 4) is 5.75 Å². The van der Waals surface area contributed by atoms with Gasteiger partial charge in [-0.05, 0) is 43.8 Å². The van der Waals surface area contributed by atoms with Crippen molar-refractivity contribution in [2.45, 2.75) is 13.5 Å². The summed E-state index contributed by atoms with van der Waals surface area (Å²) in [4.78, 5) is 2.26. The maximum absolute atomic E-state index is 12.1. The summed E-state index contributed by atoms with van der Waals surface area (Å²) in [7, 11) is 2.09. The molecule has 1 fully saturated rings. The molecule has 1 aromatic rings. The lowest BCUT2D eigenvalue weighted by Crippen LogP contribution is -2.42. The van der Waals surface area contributed by atoms with Crippen LogP contribution in [0.3, 0.4) is 0 Å². The molecular weight excluding hydrogens is 264 g/mol. The molecule has 1 heterocycles. The Morgan fingerprint density at radius 2 is 1.75 bits per heavy atom. The molecule has 0 aromatic heterocycles. The minimum atomic E-state index is -2.79. The Morgan fingerprint density at radius 3 is 2.30 bits per heavy atom. The Labute approximate surface area is 117 Å². The quantitative estimate of drug-likeness (QED) is 0.793. The zero-order chi connectivity index (χ0) is 14.5. The van der Waals surface area contributed by atoms with Gasteiger partial charge in [-0.1, -0.05) is 0 Å². The van der Waals surface area contributed by atoms with Crippen molar-refractivity contribution in [3.63, 3.8) is 0 Å². The highest BCUT2D eigenvalue weighted by atomic mass is 19.3. The number of hydrazone groups is 1. The van der Waals surface area contributed by atoms with Gasteiger partial charge in [-0.2, -0.15) is 13.9 Å². The molecule has 1 aliphatic heterocycles. The largest absolute Gasteiger partial charge is 0.435 e. The van der Waals surface area contributed by atoms with Crippen LogP contribution in [0.1, 0.15) is 12.5 Å². The molecule has 1 aliphatic rings. The van der Waals surface area contributed by atoms with Gasteiger partial charge >= 0.3 is 6.61 Å². The van der Waals surface area contributed by atoms with E-state index in [4.69, 9.17) is 0 Å². The lowest BCUT2D eigenvalue weighted by molar-refractivity contribution is -0.0498. The smallest absolute Gasteiger partial charge is 0.387 e. The normalized spacial score (nSPS) is 17.6. The van der Waals surface area contributed by atoms with Gasteiger partial charge in [0.2, 0.25) is 0 Å². The summed E-state index contributed by atoms with van der Waals surface area (Å²) in [6.45, 7) is 2.93. The Bertz CT molecular complexity index is 454. The zero-order valence-corrected chi connectivity index (χ0v) is 11.7. The molecule has 2 rings (SSSR count). The SMILES string of the molecule is C/C(=N\N1CCN(C)CC1)c1ccc(OC(F)F)cc1. The number of ether oxygens (including phenoxy) is 1. The van der Waals surface area contributed by atoms with Gasteiger partial charge in [0, 0.05) is 26.2 Å². The van der Waals surface area contributed by atoms with E-state index in [0.29, 0.717) is 0 Å². The number of hydrogen-bond donors (Lipinski definition) is 0. The molecule has 110 valence electrons. The van der Waals surface area contributed by atoms with Gasteiger partial charge in [0.1, 0.15) is 5.75 Å². The van der Waals surface area contributed by atoms with Gasteiger partial charge in [-0.15, -0.1) is 0 Å². The van der Waals surface area contributed by atoms with Crippen molar-refractivity contribution in [2.75, 3.05) is 33.2 Å². The summed E-state index contributed by atoms with van der Waals surface area (Å²) in [5.41, 5.74) is 1.78. The highest BCUT2D eigenvalue weighted by molar-refractivity contribution is 5.98. The van der Waals surface area contributed by atoms with E-state index in [9.17, 15) is 8.78 Å². The molecule has 20 heavy (non-hydrogen) atoms. The third-order valence-electron chi connectivity index (χ3n) is 3.27. The summed E-state index contributed by atoms with van der Waals surface area (Å²) in [6.07, 6.45) is 0. The third-order valence-corrected chi connectivity index (χ3v) is 3.27. The first-order valence-electron chi connectivity index (χ1n) is 6.58. The molecule has 0 atom stereocenters. The molecule has 0 saturated carbocycles. The monoisotopic (exact) mass is 283 g/mol. The Kier molecular flexibility index (Phi) is 4.89. The minimum Gasteiger partial charge on any atom is -0.435 e. The van der Waals surface area contributed by atoms with Crippen LogP contribution >= 0.6 is 0 Å². The fourth-order valence-electron chi connectivity index (χ4n) is 2.04. The number of benzene rings is 1. The van der Waals surface area contributed by atoms with Crippen LogP contribution in [-0.4, -0.2) is 55.5 Å². The maximum Gasteiger partial charge on any atom is 0.387 e. The van der Waals surface area contributed by atoms with Gasteiger partial charge in [0.15, 0.2) is 0 Å². The number of hydrogen-bond acceptors (Lipinski definition) is 4. The third kappa shape index (κ3) is 4.16.